The quantitative estimate of drug-likeness (QED) is 0.213. The summed E-state index contributed by atoms with van der Waals surface area (Å²) in [6.07, 6.45) is 0. The van der Waals surface area contributed by atoms with E-state index in [-0.39, 0.29) is 0 Å². The third-order valence-electron chi connectivity index (χ3n) is 8.08. The molecule has 6 heteroatoms. The van der Waals surface area contributed by atoms with E-state index in [0.29, 0.717) is 29.1 Å². The molecule has 0 unspecified atom stereocenters. The lowest BCUT2D eigenvalue weighted by atomic mass is 10.0. The van der Waals surface area contributed by atoms with Gasteiger partial charge in [0.15, 0.2) is 17.2 Å². The van der Waals surface area contributed by atoms with Gasteiger partial charge in [-0.3, -0.25) is 4.57 Å². The van der Waals surface area contributed by atoms with Gasteiger partial charge in [-0.05, 0) is 41.1 Å². The number of hydrogen-bond donors (Lipinski definition) is 0. The second-order valence-electron chi connectivity index (χ2n) is 10.7. The van der Waals surface area contributed by atoms with Crippen molar-refractivity contribution < 1.29 is 4.42 Å². The molecule has 206 valence electrons. The molecule has 0 aliphatic heterocycles. The monoisotopic (exact) mass is 565 g/mol. The van der Waals surface area contributed by atoms with Gasteiger partial charge in [-0.1, -0.05) is 109 Å². The molecule has 6 aromatic carbocycles. The Morgan fingerprint density at radius 2 is 1.09 bits per heavy atom. The Labute approximate surface area is 251 Å². The predicted octanol–water partition coefficient (Wildman–Crippen LogP) is 9.26. The molecule has 9 rings (SSSR count). The molecule has 0 bridgehead atoms. The lowest BCUT2D eigenvalue weighted by Gasteiger charge is -2.11. The number of benzene rings is 6. The minimum absolute atomic E-state index is 0.512. The highest BCUT2D eigenvalue weighted by Gasteiger charge is 2.23. The molecular formula is C38H23N5O. The highest BCUT2D eigenvalue weighted by Crippen LogP contribution is 2.41. The van der Waals surface area contributed by atoms with Crippen molar-refractivity contribution in [1.29, 1.82) is 0 Å². The number of oxazole rings is 1. The topological polar surface area (TPSA) is 69.6 Å². The summed E-state index contributed by atoms with van der Waals surface area (Å²) >= 11 is 0. The van der Waals surface area contributed by atoms with E-state index in [2.05, 4.69) is 47.0 Å². The van der Waals surface area contributed by atoms with E-state index in [4.69, 9.17) is 24.4 Å². The molecular weight excluding hydrogens is 542 g/mol. The van der Waals surface area contributed by atoms with Gasteiger partial charge in [0, 0.05) is 27.5 Å². The van der Waals surface area contributed by atoms with Crippen molar-refractivity contribution in [2.24, 2.45) is 0 Å². The predicted molar refractivity (Wildman–Crippen MR) is 176 cm³/mol. The van der Waals surface area contributed by atoms with Crippen molar-refractivity contribution >= 4 is 43.7 Å². The standard InChI is InChI=1S/C38H23N5O/c1-4-13-25(14-5-1)35-40-36(26-15-6-2-7-16-26)42-38(41-35)43-31-23-20-24-12-10-11-19-28(24)32(31)29-21-22-30-34(33(29)43)44-37(39-30)27-17-8-3-9-18-27/h1-23H. The van der Waals surface area contributed by atoms with Gasteiger partial charge in [-0.25, -0.2) is 9.97 Å². The largest absolute Gasteiger partial charge is 0.434 e. The van der Waals surface area contributed by atoms with Gasteiger partial charge < -0.3 is 4.42 Å². The number of hydrogen-bond acceptors (Lipinski definition) is 5. The first-order valence-corrected chi connectivity index (χ1v) is 14.5. The van der Waals surface area contributed by atoms with Crippen LogP contribution in [0.1, 0.15) is 0 Å². The fourth-order valence-corrected chi connectivity index (χ4v) is 6.06. The van der Waals surface area contributed by atoms with E-state index >= 15 is 0 Å². The first kappa shape index (κ1) is 24.5. The third kappa shape index (κ3) is 3.82. The van der Waals surface area contributed by atoms with E-state index in [1.54, 1.807) is 0 Å². The fraction of sp³-hybridized carbons (Fsp3) is 0. The molecule has 6 nitrogen and oxygen atoms in total. The molecule has 9 aromatic rings. The number of aromatic nitrogens is 5. The summed E-state index contributed by atoms with van der Waals surface area (Å²) in [6.45, 7) is 0. The highest BCUT2D eigenvalue weighted by atomic mass is 16.3. The van der Waals surface area contributed by atoms with E-state index in [0.717, 1.165) is 54.8 Å². The molecule has 0 aliphatic carbocycles. The Bertz CT molecular complexity index is 2430. The molecule has 0 amide bonds. The van der Waals surface area contributed by atoms with Crippen LogP contribution in [0.25, 0.3) is 83.9 Å². The zero-order chi connectivity index (χ0) is 29.0. The summed E-state index contributed by atoms with van der Waals surface area (Å²) in [5.41, 5.74) is 6.05. The summed E-state index contributed by atoms with van der Waals surface area (Å²) in [6, 6.07) is 47.0. The number of fused-ring (bicyclic) bond motifs is 7. The van der Waals surface area contributed by atoms with Crippen LogP contribution in [0, 0.1) is 0 Å². The van der Waals surface area contributed by atoms with Crippen LogP contribution in [-0.4, -0.2) is 24.5 Å². The lowest BCUT2D eigenvalue weighted by molar-refractivity contribution is 0.621. The zero-order valence-corrected chi connectivity index (χ0v) is 23.4. The van der Waals surface area contributed by atoms with E-state index in [1.807, 2.05) is 97.1 Å². The smallest absolute Gasteiger partial charge is 0.238 e. The van der Waals surface area contributed by atoms with E-state index in [9.17, 15) is 0 Å². The summed E-state index contributed by atoms with van der Waals surface area (Å²) in [5, 5.41) is 4.47. The molecule has 3 aromatic heterocycles. The molecule has 0 aliphatic rings. The Kier molecular flexibility index (Phi) is 5.40. The highest BCUT2D eigenvalue weighted by molar-refractivity contribution is 6.24. The second-order valence-corrected chi connectivity index (χ2v) is 10.7. The maximum Gasteiger partial charge on any atom is 0.238 e. The molecule has 0 atom stereocenters. The van der Waals surface area contributed by atoms with Crippen LogP contribution in [0.4, 0.5) is 0 Å². The Morgan fingerprint density at radius 1 is 0.477 bits per heavy atom. The third-order valence-corrected chi connectivity index (χ3v) is 8.08. The van der Waals surface area contributed by atoms with Crippen molar-refractivity contribution in [3.8, 4) is 40.2 Å². The van der Waals surface area contributed by atoms with Gasteiger partial charge in [0.05, 0.1) is 5.52 Å². The van der Waals surface area contributed by atoms with Crippen molar-refractivity contribution in [2.75, 3.05) is 0 Å². The first-order valence-electron chi connectivity index (χ1n) is 14.5. The van der Waals surface area contributed by atoms with Gasteiger partial charge in [-0.15, -0.1) is 0 Å². The summed E-state index contributed by atoms with van der Waals surface area (Å²) in [4.78, 5) is 20.0. The van der Waals surface area contributed by atoms with Crippen LogP contribution in [0.15, 0.2) is 144 Å². The van der Waals surface area contributed by atoms with Gasteiger partial charge in [0.1, 0.15) is 11.0 Å². The lowest BCUT2D eigenvalue weighted by Crippen LogP contribution is -2.06. The maximum absolute atomic E-state index is 6.60. The molecule has 3 heterocycles. The average molecular weight is 566 g/mol. The maximum atomic E-state index is 6.60. The number of rotatable bonds is 4. The van der Waals surface area contributed by atoms with Crippen molar-refractivity contribution in [1.82, 2.24) is 24.5 Å². The minimum Gasteiger partial charge on any atom is -0.434 e. The molecule has 0 radical (unpaired) electrons. The van der Waals surface area contributed by atoms with E-state index < -0.39 is 0 Å². The van der Waals surface area contributed by atoms with Gasteiger partial charge in [0.2, 0.25) is 11.8 Å². The molecule has 0 spiro atoms. The molecule has 0 N–H and O–H groups in total. The van der Waals surface area contributed by atoms with Crippen molar-refractivity contribution in [2.45, 2.75) is 0 Å². The normalized spacial score (nSPS) is 11.6. The number of nitrogens with zero attached hydrogens (tertiary/aromatic N) is 5. The zero-order valence-electron chi connectivity index (χ0n) is 23.4. The fourth-order valence-electron chi connectivity index (χ4n) is 6.06. The van der Waals surface area contributed by atoms with Crippen molar-refractivity contribution in [3.63, 3.8) is 0 Å². The SMILES string of the molecule is c1ccc(-c2nc(-c3ccccc3)nc(-n3c4ccc5ccccc5c4c4ccc5nc(-c6ccccc6)oc5c43)n2)cc1. The first-order chi connectivity index (χ1) is 21.8. The van der Waals surface area contributed by atoms with Crippen LogP contribution in [0.3, 0.4) is 0 Å². The minimum atomic E-state index is 0.512. The average Bonchev–Trinajstić information content (AvgIpc) is 3.69. The van der Waals surface area contributed by atoms with Crippen LogP contribution in [0.2, 0.25) is 0 Å². The molecule has 44 heavy (non-hydrogen) atoms. The molecule has 0 fully saturated rings. The van der Waals surface area contributed by atoms with Crippen LogP contribution < -0.4 is 0 Å². The Morgan fingerprint density at radius 3 is 1.77 bits per heavy atom. The summed E-state index contributed by atoms with van der Waals surface area (Å²) in [7, 11) is 0. The Balaban J connectivity index is 1.43. The van der Waals surface area contributed by atoms with Crippen LogP contribution in [0.5, 0.6) is 0 Å². The summed E-state index contributed by atoms with van der Waals surface area (Å²) < 4.78 is 8.71. The second kappa shape index (κ2) is 9.71. The molecule has 0 saturated carbocycles. The van der Waals surface area contributed by atoms with Gasteiger partial charge in [0.25, 0.3) is 0 Å². The van der Waals surface area contributed by atoms with Gasteiger partial charge in [-0.2, -0.15) is 9.97 Å². The van der Waals surface area contributed by atoms with Crippen LogP contribution >= 0.6 is 0 Å². The molecule has 0 saturated heterocycles. The van der Waals surface area contributed by atoms with Crippen molar-refractivity contribution in [3.05, 3.63) is 140 Å². The Hall–Kier alpha value is -6.14. The summed E-state index contributed by atoms with van der Waals surface area (Å²) in [5.74, 6) is 2.28. The van der Waals surface area contributed by atoms with E-state index in [1.165, 1.54) is 0 Å². The van der Waals surface area contributed by atoms with Crippen LogP contribution in [-0.2, 0) is 0 Å². The van der Waals surface area contributed by atoms with Gasteiger partial charge >= 0.3 is 0 Å².